The lowest BCUT2D eigenvalue weighted by Crippen LogP contribution is -2.41. The maximum atomic E-state index is 11.8. The molecule has 3 N–H and O–H groups in total. The van der Waals surface area contributed by atoms with Crippen molar-refractivity contribution in [3.8, 4) is 0 Å². The van der Waals surface area contributed by atoms with E-state index >= 15 is 0 Å². The molecule has 0 aromatic carbocycles. The number of aliphatic hydroxyl groups is 1. The smallest absolute Gasteiger partial charge is 0.237 e. The van der Waals surface area contributed by atoms with Gasteiger partial charge < -0.3 is 15.7 Å². The normalized spacial score (nSPS) is 36.6. The summed E-state index contributed by atoms with van der Waals surface area (Å²) in [4.78, 5) is 11.8. The summed E-state index contributed by atoms with van der Waals surface area (Å²) in [6.07, 6.45) is 6.64. The van der Waals surface area contributed by atoms with Gasteiger partial charge in [-0.25, -0.2) is 0 Å². The molecule has 2 fully saturated rings. The number of nitrogens with one attached hydrogen (secondary N) is 2. The zero-order valence-electron chi connectivity index (χ0n) is 11.3. The zero-order valence-corrected chi connectivity index (χ0v) is 11.3. The standard InChI is InChI=1S/C14H26N2O2/c1-10-3-2-4-11(7-10)5-6-15-14(18)13-8-12(17)9-16-13/h10-13,16-17H,2-9H2,1H3,(H,15,18). The van der Waals surface area contributed by atoms with Crippen LogP contribution in [0.5, 0.6) is 0 Å². The van der Waals surface area contributed by atoms with E-state index in [4.69, 9.17) is 0 Å². The molecule has 2 aliphatic rings. The van der Waals surface area contributed by atoms with E-state index in [9.17, 15) is 9.90 Å². The predicted molar refractivity (Wildman–Crippen MR) is 71.2 cm³/mol. The van der Waals surface area contributed by atoms with Crippen molar-refractivity contribution >= 4 is 5.91 Å². The highest BCUT2D eigenvalue weighted by Crippen LogP contribution is 2.30. The highest BCUT2D eigenvalue weighted by atomic mass is 16.3. The van der Waals surface area contributed by atoms with Gasteiger partial charge in [-0.2, -0.15) is 0 Å². The van der Waals surface area contributed by atoms with Crippen molar-refractivity contribution in [2.45, 2.75) is 57.6 Å². The van der Waals surface area contributed by atoms with Crippen LogP contribution in [0.15, 0.2) is 0 Å². The molecule has 1 amide bonds. The number of carbonyl (C=O) groups is 1. The molecule has 1 aliphatic heterocycles. The van der Waals surface area contributed by atoms with E-state index in [2.05, 4.69) is 17.6 Å². The average Bonchev–Trinajstić information content (AvgIpc) is 2.76. The molecule has 104 valence electrons. The molecule has 18 heavy (non-hydrogen) atoms. The number of rotatable bonds is 4. The molecule has 4 unspecified atom stereocenters. The summed E-state index contributed by atoms with van der Waals surface area (Å²) in [5.41, 5.74) is 0. The number of aliphatic hydroxyl groups excluding tert-OH is 1. The lowest BCUT2D eigenvalue weighted by molar-refractivity contribution is -0.123. The monoisotopic (exact) mass is 254 g/mol. The van der Waals surface area contributed by atoms with Crippen LogP contribution in [0, 0.1) is 11.8 Å². The molecular weight excluding hydrogens is 228 g/mol. The van der Waals surface area contributed by atoms with E-state index in [-0.39, 0.29) is 18.1 Å². The third kappa shape index (κ3) is 3.95. The largest absolute Gasteiger partial charge is 0.392 e. The highest BCUT2D eigenvalue weighted by Gasteiger charge is 2.27. The first-order chi connectivity index (χ1) is 8.65. The predicted octanol–water partition coefficient (Wildman–Crippen LogP) is 1.04. The maximum Gasteiger partial charge on any atom is 0.237 e. The summed E-state index contributed by atoms with van der Waals surface area (Å²) < 4.78 is 0. The van der Waals surface area contributed by atoms with Crippen molar-refractivity contribution < 1.29 is 9.90 Å². The Labute approximate surface area is 110 Å². The SMILES string of the molecule is CC1CCCC(CCNC(=O)C2CC(O)CN2)C1. The van der Waals surface area contributed by atoms with Gasteiger partial charge in [-0.3, -0.25) is 4.79 Å². The molecule has 0 aromatic rings. The van der Waals surface area contributed by atoms with E-state index < -0.39 is 0 Å². The minimum Gasteiger partial charge on any atom is -0.392 e. The summed E-state index contributed by atoms with van der Waals surface area (Å²) >= 11 is 0. The molecule has 4 heteroatoms. The molecular formula is C14H26N2O2. The van der Waals surface area contributed by atoms with Crippen LogP contribution in [0.3, 0.4) is 0 Å². The number of hydrogen-bond acceptors (Lipinski definition) is 3. The number of β-amino-alcohol motifs (C(OH)–C–C–N with tert-alkyl or cyclic N) is 1. The van der Waals surface area contributed by atoms with Gasteiger partial charge in [-0.1, -0.05) is 26.2 Å². The van der Waals surface area contributed by atoms with Gasteiger partial charge in [0.05, 0.1) is 12.1 Å². The van der Waals surface area contributed by atoms with Crippen LogP contribution in [-0.2, 0) is 4.79 Å². The summed E-state index contributed by atoms with van der Waals surface area (Å²) in [5.74, 6) is 1.69. The first kappa shape index (κ1) is 13.8. The fourth-order valence-corrected chi connectivity index (χ4v) is 3.26. The molecule has 0 spiro atoms. The van der Waals surface area contributed by atoms with Crippen LogP contribution in [-0.4, -0.2) is 36.2 Å². The average molecular weight is 254 g/mol. The van der Waals surface area contributed by atoms with Gasteiger partial charge in [-0.15, -0.1) is 0 Å². The number of hydrogen-bond donors (Lipinski definition) is 3. The van der Waals surface area contributed by atoms with E-state index in [0.29, 0.717) is 13.0 Å². The Balaban J connectivity index is 1.61. The zero-order chi connectivity index (χ0) is 13.0. The van der Waals surface area contributed by atoms with Crippen LogP contribution in [0.4, 0.5) is 0 Å². The molecule has 0 aromatic heterocycles. The lowest BCUT2D eigenvalue weighted by Gasteiger charge is -2.26. The number of carbonyl (C=O) groups excluding carboxylic acids is 1. The minimum absolute atomic E-state index is 0.0513. The summed E-state index contributed by atoms with van der Waals surface area (Å²) in [7, 11) is 0. The second kappa shape index (κ2) is 6.53. The van der Waals surface area contributed by atoms with Crippen molar-refractivity contribution in [2.75, 3.05) is 13.1 Å². The second-order valence-electron chi connectivity index (χ2n) is 6.07. The Morgan fingerprint density at radius 2 is 2.22 bits per heavy atom. The van der Waals surface area contributed by atoms with Gasteiger partial charge in [0.15, 0.2) is 0 Å². The van der Waals surface area contributed by atoms with E-state index in [0.717, 1.165) is 24.8 Å². The Morgan fingerprint density at radius 1 is 1.39 bits per heavy atom. The van der Waals surface area contributed by atoms with E-state index in [1.165, 1.54) is 25.7 Å². The molecule has 1 saturated carbocycles. The minimum atomic E-state index is -0.361. The molecule has 0 radical (unpaired) electrons. The third-order valence-electron chi connectivity index (χ3n) is 4.32. The number of amides is 1. The van der Waals surface area contributed by atoms with Gasteiger partial charge in [-0.05, 0) is 31.1 Å². The van der Waals surface area contributed by atoms with Crippen molar-refractivity contribution in [2.24, 2.45) is 11.8 Å². The van der Waals surface area contributed by atoms with Crippen LogP contribution < -0.4 is 10.6 Å². The molecule has 0 bridgehead atoms. The quantitative estimate of drug-likeness (QED) is 0.702. The van der Waals surface area contributed by atoms with Crippen molar-refractivity contribution in [3.63, 3.8) is 0 Å². The summed E-state index contributed by atoms with van der Waals surface area (Å²) in [6.45, 7) is 3.65. The Bertz CT molecular complexity index is 283. The Hall–Kier alpha value is -0.610. The van der Waals surface area contributed by atoms with Crippen LogP contribution in [0.25, 0.3) is 0 Å². The topological polar surface area (TPSA) is 61.4 Å². The Morgan fingerprint density at radius 3 is 2.89 bits per heavy atom. The molecule has 1 heterocycles. The fourth-order valence-electron chi connectivity index (χ4n) is 3.26. The third-order valence-corrected chi connectivity index (χ3v) is 4.32. The van der Waals surface area contributed by atoms with E-state index in [1.54, 1.807) is 0 Å². The van der Waals surface area contributed by atoms with Gasteiger partial charge in [0.1, 0.15) is 0 Å². The van der Waals surface area contributed by atoms with Gasteiger partial charge in [0.25, 0.3) is 0 Å². The van der Waals surface area contributed by atoms with Crippen LogP contribution in [0.1, 0.15) is 45.4 Å². The molecule has 4 nitrogen and oxygen atoms in total. The molecule has 1 aliphatic carbocycles. The Kier molecular flexibility index (Phi) is 5.01. The molecule has 2 rings (SSSR count). The second-order valence-corrected chi connectivity index (χ2v) is 6.07. The fraction of sp³-hybridized carbons (Fsp3) is 0.929. The van der Waals surface area contributed by atoms with Gasteiger partial charge in [0, 0.05) is 13.1 Å². The van der Waals surface area contributed by atoms with Gasteiger partial charge >= 0.3 is 0 Å². The van der Waals surface area contributed by atoms with Crippen LogP contribution in [0.2, 0.25) is 0 Å². The lowest BCUT2D eigenvalue weighted by atomic mass is 9.81. The van der Waals surface area contributed by atoms with Crippen molar-refractivity contribution in [1.82, 2.24) is 10.6 Å². The maximum absolute atomic E-state index is 11.8. The summed E-state index contributed by atoms with van der Waals surface area (Å²) in [5, 5.41) is 15.4. The van der Waals surface area contributed by atoms with Crippen molar-refractivity contribution in [1.29, 1.82) is 0 Å². The van der Waals surface area contributed by atoms with E-state index in [1.807, 2.05) is 0 Å². The molecule has 4 atom stereocenters. The first-order valence-electron chi connectivity index (χ1n) is 7.34. The first-order valence-corrected chi connectivity index (χ1v) is 7.34. The van der Waals surface area contributed by atoms with Gasteiger partial charge in [0.2, 0.25) is 5.91 Å². The highest BCUT2D eigenvalue weighted by molar-refractivity contribution is 5.82. The van der Waals surface area contributed by atoms with Crippen LogP contribution >= 0.6 is 0 Å². The summed E-state index contributed by atoms with van der Waals surface area (Å²) in [6, 6.07) is -0.190. The van der Waals surface area contributed by atoms with Crippen molar-refractivity contribution in [3.05, 3.63) is 0 Å². The molecule has 1 saturated heterocycles.